The van der Waals surface area contributed by atoms with Gasteiger partial charge in [-0.2, -0.15) is 0 Å². The van der Waals surface area contributed by atoms with Crippen molar-refractivity contribution in [2.75, 3.05) is 17.2 Å². The Balaban J connectivity index is 1.61. The average molecular weight is 335 g/mol. The predicted molar refractivity (Wildman–Crippen MR) is 99.6 cm³/mol. The Labute approximate surface area is 147 Å². The molecule has 2 aromatic carbocycles. The van der Waals surface area contributed by atoms with E-state index in [-0.39, 0.29) is 11.9 Å². The molecule has 1 aliphatic carbocycles. The summed E-state index contributed by atoms with van der Waals surface area (Å²) in [5, 5.41) is 8.33. The molecule has 2 aromatic rings. The van der Waals surface area contributed by atoms with Crippen molar-refractivity contribution in [2.24, 2.45) is 0 Å². The smallest absolute Gasteiger partial charge is 0.319 e. The van der Waals surface area contributed by atoms with Gasteiger partial charge in [0, 0.05) is 17.9 Å². The Morgan fingerprint density at radius 3 is 2.12 bits per heavy atom. The molecule has 0 saturated heterocycles. The average Bonchev–Trinajstić information content (AvgIpc) is 3.44. The van der Waals surface area contributed by atoms with Crippen molar-refractivity contribution >= 4 is 23.3 Å². The van der Waals surface area contributed by atoms with Crippen molar-refractivity contribution in [3.63, 3.8) is 0 Å². The van der Waals surface area contributed by atoms with E-state index >= 15 is 0 Å². The zero-order valence-electron chi connectivity index (χ0n) is 13.9. The van der Waals surface area contributed by atoms with Crippen LogP contribution in [0.15, 0.2) is 67.3 Å². The number of nitrogens with one attached hydrogen (secondary N) is 3. The van der Waals surface area contributed by atoms with Crippen molar-refractivity contribution in [1.82, 2.24) is 5.32 Å². The highest BCUT2D eigenvalue weighted by Crippen LogP contribution is 2.48. The summed E-state index contributed by atoms with van der Waals surface area (Å²) in [6, 6.07) is 16.6. The molecule has 3 amide bonds. The molecule has 0 atom stereocenters. The molecule has 1 saturated carbocycles. The molecule has 5 nitrogen and oxygen atoms in total. The van der Waals surface area contributed by atoms with Gasteiger partial charge < -0.3 is 16.0 Å². The van der Waals surface area contributed by atoms with Gasteiger partial charge >= 0.3 is 6.03 Å². The maximum absolute atomic E-state index is 12.7. The molecular weight excluding hydrogens is 314 g/mol. The van der Waals surface area contributed by atoms with Crippen LogP contribution in [0.1, 0.15) is 18.4 Å². The number of anilines is 2. The fraction of sp³-hybridized carbons (Fsp3) is 0.200. The monoisotopic (exact) mass is 335 g/mol. The van der Waals surface area contributed by atoms with E-state index in [1.807, 2.05) is 30.3 Å². The van der Waals surface area contributed by atoms with Gasteiger partial charge in [-0.25, -0.2) is 4.79 Å². The third-order valence-corrected chi connectivity index (χ3v) is 4.32. The Morgan fingerprint density at radius 2 is 1.56 bits per heavy atom. The minimum Gasteiger partial charge on any atom is -0.334 e. The fourth-order valence-electron chi connectivity index (χ4n) is 2.76. The molecular formula is C20H21N3O2. The zero-order chi connectivity index (χ0) is 17.7. The Morgan fingerprint density at radius 1 is 0.960 bits per heavy atom. The van der Waals surface area contributed by atoms with Gasteiger partial charge in [0.25, 0.3) is 0 Å². The summed E-state index contributed by atoms with van der Waals surface area (Å²) in [7, 11) is 0. The van der Waals surface area contributed by atoms with Crippen LogP contribution in [-0.4, -0.2) is 18.5 Å². The van der Waals surface area contributed by atoms with Crippen LogP contribution < -0.4 is 16.0 Å². The topological polar surface area (TPSA) is 70.2 Å². The first-order chi connectivity index (χ1) is 12.1. The van der Waals surface area contributed by atoms with Crippen LogP contribution >= 0.6 is 0 Å². The number of carbonyl (C=O) groups excluding carboxylic acids is 2. The quantitative estimate of drug-likeness (QED) is 0.705. The maximum atomic E-state index is 12.7. The van der Waals surface area contributed by atoms with Gasteiger partial charge in [0.05, 0.1) is 5.41 Å². The van der Waals surface area contributed by atoms with E-state index in [4.69, 9.17) is 0 Å². The molecule has 0 bridgehead atoms. The van der Waals surface area contributed by atoms with Crippen LogP contribution in [0.25, 0.3) is 0 Å². The molecule has 0 aliphatic heterocycles. The van der Waals surface area contributed by atoms with Crippen molar-refractivity contribution in [3.05, 3.63) is 72.8 Å². The van der Waals surface area contributed by atoms with E-state index in [1.165, 1.54) is 0 Å². The molecule has 3 rings (SSSR count). The Kier molecular flexibility index (Phi) is 4.84. The molecule has 1 aliphatic rings. The molecule has 0 unspecified atom stereocenters. The van der Waals surface area contributed by atoms with Crippen LogP contribution in [0.5, 0.6) is 0 Å². The number of carbonyl (C=O) groups is 2. The van der Waals surface area contributed by atoms with Crippen LogP contribution in [-0.2, 0) is 10.2 Å². The summed E-state index contributed by atoms with van der Waals surface area (Å²) in [6.07, 6.45) is 3.34. The summed E-state index contributed by atoms with van der Waals surface area (Å²) in [5.74, 6) is 0.0168. The van der Waals surface area contributed by atoms with E-state index in [9.17, 15) is 9.59 Å². The third-order valence-electron chi connectivity index (χ3n) is 4.32. The predicted octanol–water partition coefficient (Wildman–Crippen LogP) is 3.66. The Bertz CT molecular complexity index is 765. The molecule has 0 radical (unpaired) electrons. The van der Waals surface area contributed by atoms with Gasteiger partial charge in [-0.05, 0) is 42.7 Å². The third kappa shape index (κ3) is 3.88. The number of urea groups is 1. The van der Waals surface area contributed by atoms with Crippen molar-refractivity contribution in [2.45, 2.75) is 18.3 Å². The largest absolute Gasteiger partial charge is 0.334 e. The second kappa shape index (κ2) is 7.21. The first kappa shape index (κ1) is 16.8. The lowest BCUT2D eigenvalue weighted by Crippen LogP contribution is -2.28. The summed E-state index contributed by atoms with van der Waals surface area (Å²) < 4.78 is 0. The minimum absolute atomic E-state index is 0.0168. The fourth-order valence-corrected chi connectivity index (χ4v) is 2.76. The van der Waals surface area contributed by atoms with E-state index in [2.05, 4.69) is 22.5 Å². The van der Waals surface area contributed by atoms with Gasteiger partial charge in [-0.3, -0.25) is 4.79 Å². The highest BCUT2D eigenvalue weighted by atomic mass is 16.2. The van der Waals surface area contributed by atoms with Gasteiger partial charge in [0.15, 0.2) is 0 Å². The standard InChI is InChI=1S/C20H21N3O2/c1-2-14-21-19(25)23-17-10-8-16(9-11-17)22-18(24)20(12-13-20)15-6-4-3-5-7-15/h2-11H,1,12-14H2,(H,22,24)(H2,21,23,25). The molecule has 5 heteroatoms. The first-order valence-electron chi connectivity index (χ1n) is 8.27. The zero-order valence-corrected chi connectivity index (χ0v) is 13.9. The van der Waals surface area contributed by atoms with Crippen molar-refractivity contribution < 1.29 is 9.59 Å². The lowest BCUT2D eigenvalue weighted by Gasteiger charge is -2.16. The molecule has 0 aromatic heterocycles. The molecule has 0 spiro atoms. The summed E-state index contributed by atoms with van der Waals surface area (Å²) >= 11 is 0. The van der Waals surface area contributed by atoms with Crippen LogP contribution in [0.3, 0.4) is 0 Å². The van der Waals surface area contributed by atoms with Crippen molar-refractivity contribution in [1.29, 1.82) is 0 Å². The lowest BCUT2D eigenvalue weighted by atomic mass is 9.95. The van der Waals surface area contributed by atoms with E-state index < -0.39 is 5.41 Å². The van der Waals surface area contributed by atoms with Gasteiger partial charge in [0.2, 0.25) is 5.91 Å². The summed E-state index contributed by atoms with van der Waals surface area (Å²) in [4.78, 5) is 24.3. The first-order valence-corrected chi connectivity index (χ1v) is 8.27. The molecule has 3 N–H and O–H groups in total. The van der Waals surface area contributed by atoms with Crippen LogP contribution in [0.2, 0.25) is 0 Å². The van der Waals surface area contributed by atoms with Gasteiger partial charge in [-0.15, -0.1) is 6.58 Å². The number of rotatable bonds is 6. The van der Waals surface area contributed by atoms with Crippen LogP contribution in [0.4, 0.5) is 16.2 Å². The van der Waals surface area contributed by atoms with Gasteiger partial charge in [-0.1, -0.05) is 36.4 Å². The second-order valence-corrected chi connectivity index (χ2v) is 6.10. The number of benzene rings is 2. The minimum atomic E-state index is -0.400. The van der Waals surface area contributed by atoms with Gasteiger partial charge in [0.1, 0.15) is 0 Å². The number of hydrogen-bond acceptors (Lipinski definition) is 2. The molecule has 128 valence electrons. The second-order valence-electron chi connectivity index (χ2n) is 6.10. The van der Waals surface area contributed by atoms with E-state index in [0.29, 0.717) is 17.9 Å². The van der Waals surface area contributed by atoms with E-state index in [0.717, 1.165) is 18.4 Å². The number of hydrogen-bond donors (Lipinski definition) is 3. The highest BCUT2D eigenvalue weighted by Gasteiger charge is 2.51. The van der Waals surface area contributed by atoms with Crippen molar-refractivity contribution in [3.8, 4) is 0 Å². The summed E-state index contributed by atoms with van der Waals surface area (Å²) in [6.45, 7) is 3.95. The molecule has 1 fully saturated rings. The number of amides is 3. The maximum Gasteiger partial charge on any atom is 0.319 e. The lowest BCUT2D eigenvalue weighted by molar-refractivity contribution is -0.118. The Hall–Kier alpha value is -3.08. The highest BCUT2D eigenvalue weighted by molar-refractivity contribution is 6.01. The van der Waals surface area contributed by atoms with Crippen LogP contribution in [0, 0.1) is 0 Å². The summed E-state index contributed by atoms with van der Waals surface area (Å²) in [5.41, 5.74) is 2.03. The normalized spacial score (nSPS) is 14.2. The molecule has 0 heterocycles. The SMILES string of the molecule is C=CCNC(=O)Nc1ccc(NC(=O)C2(c3ccccc3)CC2)cc1. The van der Waals surface area contributed by atoms with E-state index in [1.54, 1.807) is 30.3 Å². The molecule has 25 heavy (non-hydrogen) atoms.